The molecule has 3 heterocycles. The maximum absolute atomic E-state index is 13.2. The van der Waals surface area contributed by atoms with Crippen molar-refractivity contribution in [2.45, 2.75) is 19.3 Å². The van der Waals surface area contributed by atoms with Gasteiger partial charge in [-0.25, -0.2) is 9.97 Å². The Labute approximate surface area is 198 Å². The van der Waals surface area contributed by atoms with E-state index in [4.69, 9.17) is 45.5 Å². The molecule has 5 rings (SSSR count). The Morgan fingerprint density at radius 3 is 2.48 bits per heavy atom. The lowest BCUT2D eigenvalue weighted by Gasteiger charge is -2.27. The molecular formula is C21H20Cl3N5OS. The zero-order valence-corrected chi connectivity index (χ0v) is 20.0. The second-order valence-corrected chi connectivity index (χ2v) is 10.2. The van der Waals surface area contributed by atoms with Crippen LogP contribution >= 0.6 is 46.1 Å². The van der Waals surface area contributed by atoms with Crippen LogP contribution in [0, 0.1) is 25.7 Å². The molecule has 1 saturated carbocycles. The van der Waals surface area contributed by atoms with E-state index in [-0.39, 0.29) is 21.0 Å². The van der Waals surface area contributed by atoms with Crippen molar-refractivity contribution in [1.82, 2.24) is 14.5 Å². The highest BCUT2D eigenvalue weighted by molar-refractivity contribution is 7.09. The molecule has 6 nitrogen and oxygen atoms in total. The molecular weight excluding hydrogens is 477 g/mol. The summed E-state index contributed by atoms with van der Waals surface area (Å²) < 4.78 is 1.40. The summed E-state index contributed by atoms with van der Waals surface area (Å²) in [5.41, 5.74) is 7.26. The first-order valence-electron chi connectivity index (χ1n) is 9.90. The quantitative estimate of drug-likeness (QED) is 0.585. The predicted octanol–water partition coefficient (Wildman–Crippen LogP) is 4.23. The van der Waals surface area contributed by atoms with Gasteiger partial charge in [-0.2, -0.15) is 0 Å². The van der Waals surface area contributed by atoms with E-state index in [2.05, 4.69) is 15.3 Å². The Morgan fingerprint density at radius 2 is 1.87 bits per heavy atom. The normalized spacial score (nSPS) is 24.5. The minimum absolute atomic E-state index is 0.0692. The highest BCUT2D eigenvalue weighted by atomic mass is 35.5. The van der Waals surface area contributed by atoms with Gasteiger partial charge in [0.05, 0.1) is 15.7 Å². The molecule has 2 aliphatic rings. The molecule has 31 heavy (non-hydrogen) atoms. The van der Waals surface area contributed by atoms with Crippen LogP contribution in [0.1, 0.15) is 16.5 Å². The van der Waals surface area contributed by atoms with Crippen LogP contribution in [0.15, 0.2) is 28.4 Å². The largest absolute Gasteiger partial charge is 0.354 e. The molecule has 2 aromatic heterocycles. The van der Waals surface area contributed by atoms with Gasteiger partial charge < -0.3 is 10.6 Å². The maximum Gasteiger partial charge on any atom is 0.279 e. The molecule has 0 spiro atoms. The number of halogens is 3. The summed E-state index contributed by atoms with van der Waals surface area (Å²) in [6, 6.07) is 5.12. The lowest BCUT2D eigenvalue weighted by Crippen LogP contribution is -2.36. The van der Waals surface area contributed by atoms with Crippen LogP contribution < -0.4 is 16.2 Å². The second-order valence-electron chi connectivity index (χ2n) is 8.17. The van der Waals surface area contributed by atoms with Crippen molar-refractivity contribution in [3.8, 4) is 5.69 Å². The molecule has 0 amide bonds. The fourth-order valence-electron chi connectivity index (χ4n) is 4.93. The number of piperidine rings is 1. The van der Waals surface area contributed by atoms with Crippen LogP contribution in [-0.2, 0) is 5.41 Å². The SMILES string of the molecule is Cc1csc(C2(CN)C3CN(c4nc(C)n(-c5cccc(Cl)c5Cl)c(=O)c4Cl)CC32)n1. The first-order valence-corrected chi connectivity index (χ1v) is 11.9. The number of thiazole rings is 1. The van der Waals surface area contributed by atoms with Gasteiger partial charge in [0.15, 0.2) is 5.82 Å². The van der Waals surface area contributed by atoms with Crippen molar-refractivity contribution in [2.75, 3.05) is 24.5 Å². The fourth-order valence-corrected chi connectivity index (χ4v) is 6.70. The van der Waals surface area contributed by atoms with Gasteiger partial charge in [-0.1, -0.05) is 40.9 Å². The van der Waals surface area contributed by atoms with Crippen LogP contribution in [-0.4, -0.2) is 34.2 Å². The summed E-state index contributed by atoms with van der Waals surface area (Å²) in [4.78, 5) is 24.6. The van der Waals surface area contributed by atoms with Gasteiger partial charge in [0.25, 0.3) is 5.56 Å². The van der Waals surface area contributed by atoms with Crippen molar-refractivity contribution >= 4 is 52.0 Å². The van der Waals surface area contributed by atoms with E-state index >= 15 is 0 Å². The van der Waals surface area contributed by atoms with Gasteiger partial charge in [-0.15, -0.1) is 11.3 Å². The number of nitrogens with zero attached hydrogens (tertiary/aromatic N) is 4. The minimum atomic E-state index is -0.366. The average Bonchev–Trinajstić information content (AvgIpc) is 3.08. The predicted molar refractivity (Wildman–Crippen MR) is 126 cm³/mol. The molecule has 0 radical (unpaired) electrons. The Hall–Kier alpha value is -1.64. The number of aromatic nitrogens is 3. The zero-order chi connectivity index (χ0) is 22.1. The number of nitrogens with two attached hydrogens (primary N) is 1. The third kappa shape index (κ3) is 3.05. The molecule has 2 fully saturated rings. The van der Waals surface area contributed by atoms with Crippen LogP contribution in [0.5, 0.6) is 0 Å². The van der Waals surface area contributed by atoms with E-state index < -0.39 is 0 Å². The molecule has 1 saturated heterocycles. The molecule has 1 aliphatic heterocycles. The van der Waals surface area contributed by atoms with Crippen LogP contribution in [0.3, 0.4) is 0 Å². The van der Waals surface area contributed by atoms with Crippen LogP contribution in [0.25, 0.3) is 5.69 Å². The fraction of sp³-hybridized carbons (Fsp3) is 0.381. The minimum Gasteiger partial charge on any atom is -0.354 e. The Bertz CT molecular complexity index is 1240. The molecule has 2 N–H and O–H groups in total. The van der Waals surface area contributed by atoms with Crippen molar-refractivity contribution in [3.63, 3.8) is 0 Å². The number of fused-ring (bicyclic) bond motifs is 1. The first kappa shape index (κ1) is 21.2. The van der Waals surface area contributed by atoms with Gasteiger partial charge in [-0.05, 0) is 37.8 Å². The summed E-state index contributed by atoms with van der Waals surface area (Å²) in [7, 11) is 0. The number of aryl methyl sites for hydroxylation is 2. The Kier molecular flexibility index (Phi) is 5.10. The van der Waals surface area contributed by atoms with Crippen LogP contribution in [0.4, 0.5) is 5.82 Å². The number of hydrogen-bond acceptors (Lipinski definition) is 6. The van der Waals surface area contributed by atoms with E-state index in [9.17, 15) is 4.79 Å². The number of benzene rings is 1. The second kappa shape index (κ2) is 7.46. The highest BCUT2D eigenvalue weighted by Gasteiger charge is 2.69. The Morgan fingerprint density at radius 1 is 1.16 bits per heavy atom. The number of hydrogen-bond donors (Lipinski definition) is 1. The Balaban J connectivity index is 1.47. The van der Waals surface area contributed by atoms with Gasteiger partial charge in [0.2, 0.25) is 0 Å². The van der Waals surface area contributed by atoms with Crippen molar-refractivity contribution in [3.05, 3.63) is 65.5 Å². The van der Waals surface area contributed by atoms with Gasteiger partial charge >= 0.3 is 0 Å². The van der Waals surface area contributed by atoms with Gasteiger partial charge in [0, 0.05) is 36.1 Å². The van der Waals surface area contributed by atoms with E-state index in [1.165, 1.54) is 4.57 Å². The molecule has 10 heteroatoms. The van der Waals surface area contributed by atoms with Gasteiger partial charge in [0.1, 0.15) is 15.9 Å². The van der Waals surface area contributed by atoms with Gasteiger partial charge in [-0.3, -0.25) is 9.36 Å². The van der Waals surface area contributed by atoms with Crippen molar-refractivity contribution in [2.24, 2.45) is 17.6 Å². The monoisotopic (exact) mass is 495 g/mol. The summed E-state index contributed by atoms with van der Waals surface area (Å²) in [6.45, 7) is 5.82. The van der Waals surface area contributed by atoms with Crippen molar-refractivity contribution in [1.29, 1.82) is 0 Å². The summed E-state index contributed by atoms with van der Waals surface area (Å²) >= 11 is 20.7. The van der Waals surface area contributed by atoms with E-state index in [1.807, 2.05) is 6.92 Å². The molecule has 1 aromatic carbocycles. The molecule has 2 atom stereocenters. The standard InChI is InChI=1S/C21H20Cl3N5OS/c1-10-8-31-20(26-10)21(9-25)12-6-28(7-13(12)21)18-17(24)19(30)29(11(2)27-18)15-5-3-4-14(22)16(15)23/h3-5,8,12-13H,6-7,9,25H2,1-2H3. The lowest BCUT2D eigenvalue weighted by atomic mass is 10.0. The van der Waals surface area contributed by atoms with Crippen molar-refractivity contribution < 1.29 is 0 Å². The average molecular weight is 497 g/mol. The first-order chi connectivity index (χ1) is 14.8. The van der Waals surface area contributed by atoms with E-state index in [0.29, 0.717) is 40.7 Å². The third-order valence-corrected chi connectivity index (χ3v) is 8.83. The third-order valence-electron chi connectivity index (χ3n) is 6.54. The molecule has 162 valence electrons. The molecule has 3 aromatic rings. The number of anilines is 1. The summed E-state index contributed by atoms with van der Waals surface area (Å²) in [5.74, 6) is 1.76. The topological polar surface area (TPSA) is 77.0 Å². The maximum atomic E-state index is 13.2. The summed E-state index contributed by atoms with van der Waals surface area (Å²) in [5, 5.41) is 3.91. The molecule has 2 unspecified atom stereocenters. The van der Waals surface area contributed by atoms with Crippen LogP contribution in [0.2, 0.25) is 15.1 Å². The van der Waals surface area contributed by atoms with E-state index in [1.54, 1.807) is 36.5 Å². The molecule has 0 bridgehead atoms. The zero-order valence-electron chi connectivity index (χ0n) is 16.9. The summed E-state index contributed by atoms with van der Waals surface area (Å²) in [6.07, 6.45) is 0. The molecule has 1 aliphatic carbocycles. The smallest absolute Gasteiger partial charge is 0.279 e. The lowest BCUT2D eigenvalue weighted by molar-refractivity contribution is 0.548. The van der Waals surface area contributed by atoms with E-state index in [0.717, 1.165) is 23.8 Å². The highest BCUT2D eigenvalue weighted by Crippen LogP contribution is 2.63. The number of rotatable bonds is 4.